The molecule has 0 bridgehead atoms. The van der Waals surface area contributed by atoms with Gasteiger partial charge in [0, 0.05) is 43.2 Å². The molecule has 5 heteroatoms. The zero-order chi connectivity index (χ0) is 19.9. The molecule has 2 heterocycles. The molecule has 2 aromatic carbocycles. The first kappa shape index (κ1) is 19.9. The second kappa shape index (κ2) is 9.90. The van der Waals surface area contributed by atoms with Crippen LogP contribution in [0, 0.1) is 0 Å². The van der Waals surface area contributed by atoms with Gasteiger partial charge in [0.05, 0.1) is 12.5 Å². The van der Waals surface area contributed by atoms with Crippen molar-refractivity contribution in [1.29, 1.82) is 0 Å². The van der Waals surface area contributed by atoms with Gasteiger partial charge in [-0.05, 0) is 50.6 Å². The van der Waals surface area contributed by atoms with Gasteiger partial charge in [0.2, 0.25) is 5.91 Å². The van der Waals surface area contributed by atoms with Gasteiger partial charge < -0.3 is 19.9 Å². The van der Waals surface area contributed by atoms with E-state index >= 15 is 0 Å². The quantitative estimate of drug-likeness (QED) is 0.720. The van der Waals surface area contributed by atoms with Crippen molar-refractivity contribution in [1.82, 2.24) is 4.90 Å². The van der Waals surface area contributed by atoms with Crippen LogP contribution >= 0.6 is 0 Å². The molecule has 1 unspecified atom stereocenters. The fourth-order valence-electron chi connectivity index (χ4n) is 4.27. The average molecular weight is 394 g/mol. The molecule has 2 aliphatic rings. The highest BCUT2D eigenvalue weighted by molar-refractivity contribution is 5.94. The third kappa shape index (κ3) is 5.37. The number of unbranched alkanes of at least 4 members (excludes halogenated alkanes) is 1. The number of amides is 1. The zero-order valence-electron chi connectivity index (χ0n) is 17.1. The van der Waals surface area contributed by atoms with Crippen molar-refractivity contribution >= 4 is 17.3 Å². The monoisotopic (exact) mass is 393 g/mol. The summed E-state index contributed by atoms with van der Waals surface area (Å²) in [5.74, 6) is 0.0428. The highest BCUT2D eigenvalue weighted by Crippen LogP contribution is 2.32. The highest BCUT2D eigenvalue weighted by atomic mass is 16.5. The summed E-state index contributed by atoms with van der Waals surface area (Å²) in [5, 5.41) is 2.93. The van der Waals surface area contributed by atoms with Gasteiger partial charge in [0.25, 0.3) is 0 Å². The van der Waals surface area contributed by atoms with Gasteiger partial charge in [-0.1, -0.05) is 36.4 Å². The molecule has 0 aliphatic carbocycles. The van der Waals surface area contributed by atoms with Crippen molar-refractivity contribution in [2.24, 2.45) is 0 Å². The number of anilines is 2. The maximum absolute atomic E-state index is 11.9. The predicted octanol–water partition coefficient (Wildman–Crippen LogP) is 4.08. The molecule has 154 valence electrons. The lowest BCUT2D eigenvalue weighted by Gasteiger charge is -2.26. The van der Waals surface area contributed by atoms with Crippen LogP contribution < -0.4 is 10.2 Å². The van der Waals surface area contributed by atoms with Gasteiger partial charge >= 0.3 is 0 Å². The molecule has 0 saturated carbocycles. The van der Waals surface area contributed by atoms with Crippen molar-refractivity contribution in [3.8, 4) is 0 Å². The third-order valence-corrected chi connectivity index (χ3v) is 5.85. The predicted molar refractivity (Wildman–Crippen MR) is 117 cm³/mol. The van der Waals surface area contributed by atoms with Crippen molar-refractivity contribution < 1.29 is 9.53 Å². The number of benzene rings is 2. The van der Waals surface area contributed by atoms with Crippen molar-refractivity contribution in [3.05, 3.63) is 60.2 Å². The lowest BCUT2D eigenvalue weighted by Crippen LogP contribution is -2.31. The highest BCUT2D eigenvalue weighted by Gasteiger charge is 2.25. The lowest BCUT2D eigenvalue weighted by molar-refractivity contribution is -0.119. The van der Waals surface area contributed by atoms with E-state index in [0.29, 0.717) is 13.0 Å². The van der Waals surface area contributed by atoms with Crippen LogP contribution in [0.5, 0.6) is 0 Å². The first-order chi connectivity index (χ1) is 14.3. The summed E-state index contributed by atoms with van der Waals surface area (Å²) in [5.41, 5.74) is 3.32. The Kier molecular flexibility index (Phi) is 6.80. The van der Waals surface area contributed by atoms with Gasteiger partial charge in [-0.2, -0.15) is 0 Å². The Morgan fingerprint density at radius 1 is 0.931 bits per heavy atom. The summed E-state index contributed by atoms with van der Waals surface area (Å²) in [6.07, 6.45) is 3.67. The standard InChI is InChI=1S/C24H31N3O2/c28-24-19-23(21-11-4-5-12-22(21)25-24)29-18-7-6-13-26-14-8-15-27(17-16-26)20-9-2-1-3-10-20/h1-5,9-12,23H,6-8,13-19H2,(H,25,28). The smallest absolute Gasteiger partial charge is 0.227 e. The topological polar surface area (TPSA) is 44.8 Å². The second-order valence-electron chi connectivity index (χ2n) is 7.92. The van der Waals surface area contributed by atoms with Crippen molar-refractivity contribution in [2.45, 2.75) is 31.8 Å². The number of nitrogens with zero attached hydrogens (tertiary/aromatic N) is 2. The third-order valence-electron chi connectivity index (χ3n) is 5.85. The number of rotatable bonds is 7. The Bertz CT molecular complexity index is 796. The molecule has 5 nitrogen and oxygen atoms in total. The normalized spacial score (nSPS) is 20.1. The van der Waals surface area contributed by atoms with Crippen LogP contribution in [0.2, 0.25) is 0 Å². The van der Waals surface area contributed by atoms with Gasteiger partial charge in [-0.3, -0.25) is 4.79 Å². The maximum atomic E-state index is 11.9. The van der Waals surface area contributed by atoms with Crippen LogP contribution in [0.25, 0.3) is 0 Å². The maximum Gasteiger partial charge on any atom is 0.227 e. The molecule has 1 atom stereocenters. The summed E-state index contributed by atoms with van der Waals surface area (Å²) < 4.78 is 6.08. The fraction of sp³-hybridized carbons (Fsp3) is 0.458. The minimum Gasteiger partial charge on any atom is -0.373 e. The summed E-state index contributed by atoms with van der Waals surface area (Å²) in [4.78, 5) is 17.0. The number of ether oxygens (including phenoxy) is 1. The van der Waals surface area contributed by atoms with Crippen LogP contribution in [0.3, 0.4) is 0 Å². The number of para-hydroxylation sites is 2. The molecule has 0 radical (unpaired) electrons. The van der Waals surface area contributed by atoms with E-state index < -0.39 is 0 Å². The molecule has 2 aromatic rings. The van der Waals surface area contributed by atoms with Crippen LogP contribution in [-0.4, -0.2) is 50.1 Å². The minimum atomic E-state index is -0.113. The first-order valence-electron chi connectivity index (χ1n) is 10.8. The van der Waals surface area contributed by atoms with E-state index in [2.05, 4.69) is 51.5 Å². The summed E-state index contributed by atoms with van der Waals surface area (Å²) in [6.45, 7) is 6.33. The van der Waals surface area contributed by atoms with Gasteiger partial charge in [0.15, 0.2) is 0 Å². The molecular weight excluding hydrogens is 362 g/mol. The minimum absolute atomic E-state index is 0.0428. The molecule has 1 N–H and O–H groups in total. The number of hydrogen-bond donors (Lipinski definition) is 1. The van der Waals surface area contributed by atoms with E-state index in [0.717, 1.165) is 50.3 Å². The van der Waals surface area contributed by atoms with Crippen molar-refractivity contribution in [2.75, 3.05) is 49.5 Å². The summed E-state index contributed by atoms with van der Waals surface area (Å²) >= 11 is 0. The largest absolute Gasteiger partial charge is 0.373 e. The number of hydrogen-bond acceptors (Lipinski definition) is 4. The average Bonchev–Trinajstić information content (AvgIpc) is 3.00. The Hall–Kier alpha value is -2.37. The van der Waals surface area contributed by atoms with Crippen LogP contribution in [-0.2, 0) is 9.53 Å². The molecule has 2 aliphatic heterocycles. The Balaban J connectivity index is 1.17. The number of fused-ring (bicyclic) bond motifs is 1. The molecule has 1 saturated heterocycles. The van der Waals surface area contributed by atoms with Gasteiger partial charge in [-0.15, -0.1) is 0 Å². The van der Waals surface area contributed by atoms with E-state index in [1.807, 2.05) is 18.2 Å². The SMILES string of the molecule is O=C1CC(OCCCCN2CCCN(c3ccccc3)CC2)c2ccccc2N1. The Labute approximate surface area is 173 Å². The summed E-state index contributed by atoms with van der Waals surface area (Å²) in [7, 11) is 0. The van der Waals surface area contributed by atoms with Crippen LogP contribution in [0.15, 0.2) is 54.6 Å². The Morgan fingerprint density at radius 3 is 2.66 bits per heavy atom. The van der Waals surface area contributed by atoms with Gasteiger partial charge in [0.1, 0.15) is 0 Å². The van der Waals surface area contributed by atoms with Crippen molar-refractivity contribution in [3.63, 3.8) is 0 Å². The van der Waals surface area contributed by atoms with E-state index in [1.165, 1.54) is 18.7 Å². The second-order valence-corrected chi connectivity index (χ2v) is 7.92. The molecule has 0 spiro atoms. The zero-order valence-corrected chi connectivity index (χ0v) is 17.1. The van der Waals surface area contributed by atoms with E-state index in [-0.39, 0.29) is 12.0 Å². The number of carbonyl (C=O) groups excluding carboxylic acids is 1. The van der Waals surface area contributed by atoms with E-state index in [9.17, 15) is 4.79 Å². The molecule has 0 aromatic heterocycles. The number of nitrogens with one attached hydrogen (secondary N) is 1. The number of carbonyl (C=O) groups is 1. The molecule has 29 heavy (non-hydrogen) atoms. The van der Waals surface area contributed by atoms with E-state index in [4.69, 9.17) is 4.74 Å². The lowest BCUT2D eigenvalue weighted by atomic mass is 10.00. The Morgan fingerprint density at radius 2 is 1.76 bits per heavy atom. The first-order valence-corrected chi connectivity index (χ1v) is 10.8. The van der Waals surface area contributed by atoms with Crippen LogP contribution in [0.4, 0.5) is 11.4 Å². The molecular formula is C24H31N3O2. The van der Waals surface area contributed by atoms with Crippen LogP contribution in [0.1, 0.15) is 37.4 Å². The fourth-order valence-corrected chi connectivity index (χ4v) is 4.27. The molecule has 1 fully saturated rings. The van der Waals surface area contributed by atoms with Gasteiger partial charge in [-0.25, -0.2) is 0 Å². The molecule has 1 amide bonds. The summed E-state index contributed by atoms with van der Waals surface area (Å²) in [6, 6.07) is 18.7. The molecule has 4 rings (SSSR count). The van der Waals surface area contributed by atoms with E-state index in [1.54, 1.807) is 0 Å².